The summed E-state index contributed by atoms with van der Waals surface area (Å²) in [6.07, 6.45) is 2.98. The van der Waals surface area contributed by atoms with Gasteiger partial charge < -0.3 is 0 Å². The van der Waals surface area contributed by atoms with Crippen molar-refractivity contribution < 1.29 is 4.39 Å². The average molecular weight is 374 g/mol. The predicted octanol–water partition coefficient (Wildman–Crippen LogP) is 5.85. The Bertz CT molecular complexity index is 1040. The Balaban J connectivity index is 1.77. The highest BCUT2D eigenvalue weighted by molar-refractivity contribution is 7.98. The monoisotopic (exact) mass is 374 g/mol. The van der Waals surface area contributed by atoms with Crippen LogP contribution in [0, 0.1) is 24.1 Å². The van der Waals surface area contributed by atoms with Crippen LogP contribution in [-0.2, 0) is 18.6 Å². The number of thioether (sulfide) groups is 1. The molecule has 3 aromatic rings. The number of halogens is 1. The third-order valence-corrected chi connectivity index (χ3v) is 6.08. The van der Waals surface area contributed by atoms with Crippen LogP contribution in [0.2, 0.25) is 0 Å². The molecule has 1 aromatic heterocycles. The second-order valence-corrected chi connectivity index (χ2v) is 7.76. The second kappa shape index (κ2) is 7.54. The van der Waals surface area contributed by atoms with E-state index in [1.165, 1.54) is 23.3 Å². The summed E-state index contributed by atoms with van der Waals surface area (Å²) in [5.74, 6) is 0.424. The number of fused-ring (bicyclic) bond motifs is 1. The van der Waals surface area contributed by atoms with Crippen LogP contribution >= 0.6 is 11.8 Å². The third-order valence-electron chi connectivity index (χ3n) is 5.03. The summed E-state index contributed by atoms with van der Waals surface area (Å²) in [5.41, 5.74) is 7.47. The van der Waals surface area contributed by atoms with Crippen molar-refractivity contribution in [1.82, 2.24) is 4.98 Å². The van der Waals surface area contributed by atoms with Gasteiger partial charge in [0.25, 0.3) is 0 Å². The van der Waals surface area contributed by atoms with Crippen LogP contribution in [0.25, 0.3) is 11.3 Å². The molecule has 1 heterocycles. The quantitative estimate of drug-likeness (QED) is 0.538. The van der Waals surface area contributed by atoms with Gasteiger partial charge >= 0.3 is 0 Å². The second-order valence-electron chi connectivity index (χ2n) is 6.79. The van der Waals surface area contributed by atoms with Crippen LogP contribution in [0.3, 0.4) is 0 Å². The zero-order valence-corrected chi connectivity index (χ0v) is 15.9. The Hall–Kier alpha value is -2.64. The lowest BCUT2D eigenvalue weighted by Gasteiger charge is -2.15. The number of nitriles is 1. The lowest BCUT2D eigenvalue weighted by atomic mass is 9.97. The van der Waals surface area contributed by atoms with Gasteiger partial charge in [0.1, 0.15) is 16.9 Å². The Morgan fingerprint density at radius 3 is 2.56 bits per heavy atom. The van der Waals surface area contributed by atoms with Crippen molar-refractivity contribution >= 4 is 11.8 Å². The van der Waals surface area contributed by atoms with Crippen LogP contribution in [0.1, 0.15) is 34.2 Å². The van der Waals surface area contributed by atoms with E-state index in [-0.39, 0.29) is 5.82 Å². The first-order valence-corrected chi connectivity index (χ1v) is 10.0. The van der Waals surface area contributed by atoms with Gasteiger partial charge in [0.15, 0.2) is 0 Å². The molecule has 0 amide bonds. The summed E-state index contributed by atoms with van der Waals surface area (Å²) >= 11 is 1.56. The van der Waals surface area contributed by atoms with E-state index < -0.39 is 0 Å². The van der Waals surface area contributed by atoms with Gasteiger partial charge in [-0.1, -0.05) is 36.4 Å². The molecule has 0 radical (unpaired) electrons. The minimum Gasteiger partial charge on any atom is -0.240 e. The number of hydrogen-bond acceptors (Lipinski definition) is 3. The van der Waals surface area contributed by atoms with Gasteiger partial charge in [-0.2, -0.15) is 5.26 Å². The van der Waals surface area contributed by atoms with Gasteiger partial charge in [-0.05, 0) is 60.6 Å². The molecule has 0 atom stereocenters. The van der Waals surface area contributed by atoms with Gasteiger partial charge in [0.2, 0.25) is 0 Å². The Kier molecular flexibility index (Phi) is 4.96. The van der Waals surface area contributed by atoms with Crippen molar-refractivity contribution in [3.05, 3.63) is 82.2 Å². The molecule has 27 heavy (non-hydrogen) atoms. The SMILES string of the molecule is Cc1ccccc1-c1nc(SCc2ccc(F)cc2)c(C#N)c2c1CCC2. The van der Waals surface area contributed by atoms with Crippen LogP contribution in [-0.4, -0.2) is 4.98 Å². The van der Waals surface area contributed by atoms with E-state index in [9.17, 15) is 9.65 Å². The first-order chi connectivity index (χ1) is 13.2. The molecule has 0 N–H and O–H groups in total. The lowest BCUT2D eigenvalue weighted by Crippen LogP contribution is -2.01. The highest BCUT2D eigenvalue weighted by atomic mass is 32.2. The van der Waals surface area contributed by atoms with Gasteiger partial charge in [-0.3, -0.25) is 0 Å². The molecule has 2 nitrogen and oxygen atoms in total. The molecule has 0 saturated carbocycles. The molecule has 0 bridgehead atoms. The fraction of sp³-hybridized carbons (Fsp3) is 0.217. The summed E-state index contributed by atoms with van der Waals surface area (Å²) in [4.78, 5) is 4.95. The summed E-state index contributed by atoms with van der Waals surface area (Å²) in [6.45, 7) is 2.10. The summed E-state index contributed by atoms with van der Waals surface area (Å²) in [6, 6.07) is 17.2. The topological polar surface area (TPSA) is 36.7 Å². The number of aryl methyl sites for hydroxylation is 1. The Morgan fingerprint density at radius 2 is 1.81 bits per heavy atom. The fourth-order valence-corrected chi connectivity index (χ4v) is 4.61. The van der Waals surface area contributed by atoms with E-state index in [0.717, 1.165) is 46.7 Å². The molecule has 0 saturated heterocycles. The fourth-order valence-electron chi connectivity index (χ4n) is 3.65. The normalized spacial score (nSPS) is 12.6. The molecule has 4 heteroatoms. The summed E-state index contributed by atoms with van der Waals surface area (Å²) in [7, 11) is 0. The minimum absolute atomic E-state index is 0.237. The summed E-state index contributed by atoms with van der Waals surface area (Å²) < 4.78 is 13.1. The molecular weight excluding hydrogens is 355 g/mol. The first kappa shape index (κ1) is 17.8. The highest BCUT2D eigenvalue weighted by Gasteiger charge is 2.24. The van der Waals surface area contributed by atoms with E-state index >= 15 is 0 Å². The number of nitrogens with zero attached hydrogens (tertiary/aromatic N) is 2. The minimum atomic E-state index is -0.237. The predicted molar refractivity (Wildman–Crippen MR) is 107 cm³/mol. The van der Waals surface area contributed by atoms with Gasteiger partial charge in [-0.25, -0.2) is 9.37 Å². The van der Waals surface area contributed by atoms with Crippen LogP contribution in [0.15, 0.2) is 53.6 Å². The Labute approximate surface area is 163 Å². The Morgan fingerprint density at radius 1 is 1.07 bits per heavy atom. The van der Waals surface area contributed by atoms with E-state index in [4.69, 9.17) is 4.98 Å². The van der Waals surface area contributed by atoms with Crippen LogP contribution in [0.5, 0.6) is 0 Å². The molecule has 0 aliphatic heterocycles. The van der Waals surface area contributed by atoms with Gasteiger partial charge in [0.05, 0.1) is 11.3 Å². The molecule has 0 unspecified atom stereocenters. The average Bonchev–Trinajstić information content (AvgIpc) is 3.17. The maximum Gasteiger partial charge on any atom is 0.123 e. The number of pyridine rings is 1. The maximum atomic E-state index is 13.1. The van der Waals surface area contributed by atoms with Crippen molar-refractivity contribution in [3.8, 4) is 17.3 Å². The molecule has 2 aromatic carbocycles. The lowest BCUT2D eigenvalue weighted by molar-refractivity contribution is 0.627. The molecule has 1 aliphatic rings. The number of benzene rings is 2. The van der Waals surface area contributed by atoms with Crippen LogP contribution < -0.4 is 0 Å². The van der Waals surface area contributed by atoms with Gasteiger partial charge in [-0.15, -0.1) is 11.8 Å². The van der Waals surface area contributed by atoms with E-state index in [1.807, 2.05) is 12.1 Å². The largest absolute Gasteiger partial charge is 0.240 e. The van der Waals surface area contributed by atoms with Crippen LogP contribution in [0.4, 0.5) is 4.39 Å². The van der Waals surface area contributed by atoms with Crippen molar-refractivity contribution in [1.29, 1.82) is 5.26 Å². The zero-order chi connectivity index (χ0) is 18.8. The van der Waals surface area contributed by atoms with Crippen molar-refractivity contribution in [2.24, 2.45) is 0 Å². The number of aromatic nitrogens is 1. The standard InChI is InChI=1S/C23H19FN2S/c1-15-5-2-3-6-18(15)22-20-8-4-7-19(20)21(13-25)23(26-22)27-14-16-9-11-17(24)12-10-16/h2-3,5-6,9-12H,4,7-8,14H2,1H3. The van der Waals surface area contributed by atoms with Crippen molar-refractivity contribution in [3.63, 3.8) is 0 Å². The molecule has 0 spiro atoms. The number of hydrogen-bond donors (Lipinski definition) is 0. The van der Waals surface area contributed by atoms with Crippen molar-refractivity contribution in [2.75, 3.05) is 0 Å². The molecular formula is C23H19FN2S. The first-order valence-electron chi connectivity index (χ1n) is 9.06. The van der Waals surface area contributed by atoms with E-state index in [2.05, 4.69) is 25.1 Å². The maximum absolute atomic E-state index is 13.1. The van der Waals surface area contributed by atoms with E-state index in [0.29, 0.717) is 11.3 Å². The molecule has 4 rings (SSSR count). The molecule has 0 fully saturated rings. The molecule has 134 valence electrons. The highest BCUT2D eigenvalue weighted by Crippen LogP contribution is 2.38. The van der Waals surface area contributed by atoms with Gasteiger partial charge in [0, 0.05) is 11.3 Å². The smallest absolute Gasteiger partial charge is 0.123 e. The van der Waals surface area contributed by atoms with E-state index in [1.54, 1.807) is 23.9 Å². The number of rotatable bonds is 4. The summed E-state index contributed by atoms with van der Waals surface area (Å²) in [5, 5.41) is 10.6. The van der Waals surface area contributed by atoms with Crippen molar-refractivity contribution in [2.45, 2.75) is 37.0 Å². The molecule has 1 aliphatic carbocycles. The third kappa shape index (κ3) is 3.48. The zero-order valence-electron chi connectivity index (χ0n) is 15.1.